The monoisotopic (exact) mass is 464 g/mol. The highest BCUT2D eigenvalue weighted by molar-refractivity contribution is 7.92. The van der Waals surface area contributed by atoms with Gasteiger partial charge in [-0.1, -0.05) is 18.2 Å². The topological polar surface area (TPSA) is 92.8 Å². The fraction of sp³-hybridized carbons (Fsp3) is 0.200. The van der Waals surface area contributed by atoms with Crippen LogP contribution in [0.4, 0.5) is 11.4 Å². The lowest BCUT2D eigenvalue weighted by molar-refractivity contribution is 0.0526. The standard InChI is InChI=1S/C25H24N2O5S/c1-3-32-25(29)18-9-12-21(13-10-18)26-24(28)19-11-14-23-20(16-19)15-17(2)27(23)33(30,31)22-7-5-4-6-8-22/h4-14,16-17H,3,15H2,1-2H3,(H,26,28)/t17-/m0/s1. The van der Waals surface area contributed by atoms with Crippen LogP contribution in [0.5, 0.6) is 0 Å². The van der Waals surface area contributed by atoms with Gasteiger partial charge in [-0.05, 0) is 80.4 Å². The maximum Gasteiger partial charge on any atom is 0.338 e. The van der Waals surface area contributed by atoms with Gasteiger partial charge in [-0.2, -0.15) is 0 Å². The Morgan fingerprint density at radius 3 is 2.33 bits per heavy atom. The molecule has 1 aliphatic rings. The molecule has 3 aromatic carbocycles. The first-order valence-corrected chi connectivity index (χ1v) is 12.1. The maximum atomic E-state index is 13.2. The number of ether oxygens (including phenoxy) is 1. The number of hydrogen-bond donors (Lipinski definition) is 1. The largest absolute Gasteiger partial charge is 0.462 e. The van der Waals surface area contributed by atoms with Gasteiger partial charge in [0.05, 0.1) is 22.8 Å². The van der Waals surface area contributed by atoms with Gasteiger partial charge in [0.2, 0.25) is 0 Å². The van der Waals surface area contributed by atoms with Crippen LogP contribution in [0, 0.1) is 0 Å². The second-order valence-corrected chi connectivity index (χ2v) is 9.58. The van der Waals surface area contributed by atoms with Crippen LogP contribution in [0.3, 0.4) is 0 Å². The minimum Gasteiger partial charge on any atom is -0.462 e. The Labute approximate surface area is 193 Å². The van der Waals surface area contributed by atoms with Gasteiger partial charge in [0.15, 0.2) is 0 Å². The maximum absolute atomic E-state index is 13.2. The van der Waals surface area contributed by atoms with Crippen LogP contribution in [0.25, 0.3) is 0 Å². The summed E-state index contributed by atoms with van der Waals surface area (Å²) in [6, 6.07) is 19.5. The van der Waals surface area contributed by atoms with Crippen molar-refractivity contribution in [2.45, 2.75) is 31.2 Å². The smallest absolute Gasteiger partial charge is 0.338 e. The molecule has 1 N–H and O–H groups in total. The minimum absolute atomic E-state index is 0.234. The number of nitrogens with one attached hydrogen (secondary N) is 1. The number of nitrogens with zero attached hydrogens (tertiary/aromatic N) is 1. The lowest BCUT2D eigenvalue weighted by Crippen LogP contribution is -2.35. The van der Waals surface area contributed by atoms with Gasteiger partial charge >= 0.3 is 5.97 Å². The molecule has 0 spiro atoms. The molecule has 7 nitrogen and oxygen atoms in total. The van der Waals surface area contributed by atoms with E-state index in [4.69, 9.17) is 4.74 Å². The van der Waals surface area contributed by atoms with Crippen LogP contribution in [0.15, 0.2) is 77.7 Å². The van der Waals surface area contributed by atoms with Crippen LogP contribution < -0.4 is 9.62 Å². The van der Waals surface area contributed by atoms with Crippen LogP contribution in [0.1, 0.15) is 40.1 Å². The highest BCUT2D eigenvalue weighted by Gasteiger charge is 2.36. The third-order valence-electron chi connectivity index (χ3n) is 5.45. The number of fused-ring (bicyclic) bond motifs is 1. The summed E-state index contributed by atoms with van der Waals surface area (Å²) in [7, 11) is -3.70. The highest BCUT2D eigenvalue weighted by Crippen LogP contribution is 2.37. The van der Waals surface area contributed by atoms with E-state index in [-0.39, 0.29) is 16.8 Å². The molecule has 0 saturated carbocycles. The van der Waals surface area contributed by atoms with Gasteiger partial charge in [0, 0.05) is 17.3 Å². The second kappa shape index (κ2) is 9.07. The number of benzene rings is 3. The average Bonchev–Trinajstić information content (AvgIpc) is 3.15. The van der Waals surface area contributed by atoms with Crippen molar-refractivity contribution in [1.82, 2.24) is 0 Å². The van der Waals surface area contributed by atoms with Crippen LogP contribution in [0.2, 0.25) is 0 Å². The Kier molecular flexibility index (Phi) is 6.20. The Bertz CT molecular complexity index is 1290. The first-order chi connectivity index (χ1) is 15.8. The first kappa shape index (κ1) is 22.5. The first-order valence-electron chi connectivity index (χ1n) is 10.6. The number of rotatable bonds is 6. The molecular formula is C25H24N2O5S. The summed E-state index contributed by atoms with van der Waals surface area (Å²) in [4.78, 5) is 24.8. The van der Waals surface area contributed by atoms with Gasteiger partial charge in [0.25, 0.3) is 15.9 Å². The summed E-state index contributed by atoms with van der Waals surface area (Å²) in [6.07, 6.45) is 0.511. The predicted molar refractivity (Wildman–Crippen MR) is 126 cm³/mol. The van der Waals surface area contributed by atoms with E-state index in [1.54, 1.807) is 79.7 Å². The zero-order valence-electron chi connectivity index (χ0n) is 18.3. The van der Waals surface area contributed by atoms with Crippen molar-refractivity contribution in [3.63, 3.8) is 0 Å². The zero-order chi connectivity index (χ0) is 23.6. The molecule has 33 heavy (non-hydrogen) atoms. The highest BCUT2D eigenvalue weighted by atomic mass is 32.2. The molecule has 1 heterocycles. The van der Waals surface area contributed by atoms with Crippen molar-refractivity contribution >= 4 is 33.3 Å². The number of anilines is 2. The van der Waals surface area contributed by atoms with Crippen molar-refractivity contribution < 1.29 is 22.7 Å². The van der Waals surface area contributed by atoms with Crippen molar-refractivity contribution in [2.75, 3.05) is 16.2 Å². The van der Waals surface area contributed by atoms with Gasteiger partial charge in [-0.3, -0.25) is 9.10 Å². The summed E-state index contributed by atoms with van der Waals surface area (Å²) < 4.78 is 32.8. The number of esters is 1. The molecule has 0 unspecified atom stereocenters. The van der Waals surface area contributed by atoms with E-state index < -0.39 is 16.0 Å². The van der Waals surface area contributed by atoms with Crippen LogP contribution in [-0.2, 0) is 21.2 Å². The van der Waals surface area contributed by atoms with E-state index in [1.165, 1.54) is 4.31 Å². The van der Waals surface area contributed by atoms with Crippen LogP contribution in [-0.4, -0.2) is 32.9 Å². The molecule has 170 valence electrons. The van der Waals surface area contributed by atoms with Crippen molar-refractivity contribution in [2.24, 2.45) is 0 Å². The van der Waals surface area contributed by atoms with E-state index in [9.17, 15) is 18.0 Å². The van der Waals surface area contributed by atoms with Gasteiger partial charge in [-0.15, -0.1) is 0 Å². The molecule has 0 radical (unpaired) electrons. The third kappa shape index (κ3) is 4.47. The van der Waals surface area contributed by atoms with Crippen LogP contribution >= 0.6 is 0 Å². The third-order valence-corrected chi connectivity index (χ3v) is 7.39. The van der Waals surface area contributed by atoms with Gasteiger partial charge in [-0.25, -0.2) is 13.2 Å². The minimum atomic E-state index is -3.70. The Balaban J connectivity index is 1.54. The number of carbonyl (C=O) groups excluding carboxylic acids is 2. The fourth-order valence-corrected chi connectivity index (χ4v) is 5.64. The lowest BCUT2D eigenvalue weighted by Gasteiger charge is -2.24. The van der Waals surface area contributed by atoms with Crippen molar-refractivity contribution in [1.29, 1.82) is 0 Å². The van der Waals surface area contributed by atoms with Gasteiger partial charge in [0.1, 0.15) is 0 Å². The molecule has 0 aliphatic carbocycles. The Morgan fingerprint density at radius 2 is 1.67 bits per heavy atom. The summed E-state index contributed by atoms with van der Waals surface area (Å²) in [5.41, 5.74) is 2.75. The van der Waals surface area contributed by atoms with Crippen molar-refractivity contribution in [3.8, 4) is 0 Å². The SMILES string of the molecule is CCOC(=O)c1ccc(NC(=O)c2ccc3c(c2)C[C@H](C)N3S(=O)(=O)c2ccccc2)cc1. The molecule has 0 bridgehead atoms. The lowest BCUT2D eigenvalue weighted by atomic mass is 10.1. The molecule has 0 fully saturated rings. The van der Waals surface area contributed by atoms with E-state index in [0.29, 0.717) is 35.5 Å². The molecule has 1 aliphatic heterocycles. The number of hydrogen-bond acceptors (Lipinski definition) is 5. The molecule has 0 aromatic heterocycles. The van der Waals surface area contributed by atoms with E-state index in [0.717, 1.165) is 5.56 Å². The number of carbonyl (C=O) groups is 2. The molecule has 1 amide bonds. The summed E-state index contributed by atoms with van der Waals surface area (Å²) in [5.74, 6) is -0.739. The molecular weight excluding hydrogens is 440 g/mol. The second-order valence-electron chi connectivity index (χ2n) is 7.76. The van der Waals surface area contributed by atoms with E-state index >= 15 is 0 Å². The Hall–Kier alpha value is -3.65. The van der Waals surface area contributed by atoms with E-state index in [2.05, 4.69) is 5.32 Å². The molecule has 4 rings (SSSR count). The average molecular weight is 465 g/mol. The molecule has 8 heteroatoms. The molecule has 1 atom stereocenters. The Morgan fingerprint density at radius 1 is 1.00 bits per heavy atom. The number of sulfonamides is 1. The number of amides is 1. The van der Waals surface area contributed by atoms with E-state index in [1.807, 2.05) is 6.92 Å². The normalized spacial score (nSPS) is 15.1. The van der Waals surface area contributed by atoms with Crippen molar-refractivity contribution in [3.05, 3.63) is 89.5 Å². The summed E-state index contributed by atoms with van der Waals surface area (Å²) >= 11 is 0. The summed E-state index contributed by atoms with van der Waals surface area (Å²) in [5, 5.41) is 2.80. The predicted octanol–water partition coefficient (Wildman–Crippen LogP) is 4.26. The molecule has 3 aromatic rings. The summed E-state index contributed by atoms with van der Waals surface area (Å²) in [6.45, 7) is 3.88. The molecule has 0 saturated heterocycles. The fourth-order valence-electron chi connectivity index (χ4n) is 3.92. The quantitative estimate of drug-likeness (QED) is 0.551. The van der Waals surface area contributed by atoms with Gasteiger partial charge < -0.3 is 10.1 Å². The zero-order valence-corrected chi connectivity index (χ0v) is 19.1.